The fourth-order valence-corrected chi connectivity index (χ4v) is 3.12. The maximum atomic E-state index is 13.3. The number of nitrogens with zero attached hydrogens (tertiary/aromatic N) is 1. The van der Waals surface area contributed by atoms with Crippen molar-refractivity contribution in [2.24, 2.45) is 0 Å². The Labute approximate surface area is 156 Å². The predicted octanol–water partition coefficient (Wildman–Crippen LogP) is 5.98. The average Bonchev–Trinajstić information content (AvgIpc) is 2.65. The van der Waals surface area contributed by atoms with Gasteiger partial charge in [-0.1, -0.05) is 59.6 Å². The number of amides is 1. The van der Waals surface area contributed by atoms with Crippen molar-refractivity contribution < 1.29 is 9.53 Å². The lowest BCUT2D eigenvalue weighted by Crippen LogP contribution is -2.27. The van der Waals surface area contributed by atoms with Crippen molar-refractivity contribution in [2.45, 2.75) is 0 Å². The van der Waals surface area contributed by atoms with Crippen LogP contribution < -0.4 is 9.64 Å². The summed E-state index contributed by atoms with van der Waals surface area (Å²) in [6.07, 6.45) is 0. The van der Waals surface area contributed by atoms with Crippen molar-refractivity contribution in [3.63, 3.8) is 0 Å². The van der Waals surface area contributed by atoms with Gasteiger partial charge in [-0.3, -0.25) is 9.69 Å². The molecule has 0 aromatic heterocycles. The number of rotatable bonds is 4. The van der Waals surface area contributed by atoms with E-state index < -0.39 is 0 Å². The normalized spacial score (nSPS) is 10.4. The minimum Gasteiger partial charge on any atom is -0.495 e. The molecule has 3 nitrogen and oxygen atoms in total. The van der Waals surface area contributed by atoms with Gasteiger partial charge < -0.3 is 4.74 Å². The number of carbonyl (C=O) groups excluding carboxylic acids is 1. The Kier molecular flexibility index (Phi) is 5.27. The summed E-state index contributed by atoms with van der Waals surface area (Å²) in [6.45, 7) is 0. The molecule has 0 atom stereocenters. The van der Waals surface area contributed by atoms with Gasteiger partial charge in [0.15, 0.2) is 0 Å². The first-order chi connectivity index (χ1) is 12.1. The molecule has 0 saturated heterocycles. The van der Waals surface area contributed by atoms with Gasteiger partial charge >= 0.3 is 0 Å². The van der Waals surface area contributed by atoms with Crippen LogP contribution in [0.3, 0.4) is 0 Å². The van der Waals surface area contributed by atoms with Gasteiger partial charge in [0.1, 0.15) is 5.75 Å². The maximum Gasteiger partial charge on any atom is 0.263 e. The predicted molar refractivity (Wildman–Crippen MR) is 102 cm³/mol. The molecule has 1 amide bonds. The van der Waals surface area contributed by atoms with Gasteiger partial charge in [-0.15, -0.1) is 0 Å². The van der Waals surface area contributed by atoms with Crippen LogP contribution >= 0.6 is 23.2 Å². The van der Waals surface area contributed by atoms with Crippen LogP contribution in [0.15, 0.2) is 72.8 Å². The molecule has 0 aliphatic rings. The zero-order chi connectivity index (χ0) is 17.8. The molecule has 3 aromatic rings. The minimum atomic E-state index is -0.250. The Bertz CT molecular complexity index is 877. The van der Waals surface area contributed by atoms with Crippen molar-refractivity contribution in [3.8, 4) is 5.75 Å². The Morgan fingerprint density at radius 2 is 1.44 bits per heavy atom. The second kappa shape index (κ2) is 7.60. The van der Waals surface area contributed by atoms with Crippen LogP contribution in [0.4, 0.5) is 11.4 Å². The average molecular weight is 372 g/mol. The van der Waals surface area contributed by atoms with Gasteiger partial charge in [-0.2, -0.15) is 0 Å². The van der Waals surface area contributed by atoms with E-state index in [9.17, 15) is 4.79 Å². The Morgan fingerprint density at radius 1 is 0.840 bits per heavy atom. The highest BCUT2D eigenvalue weighted by atomic mass is 35.5. The van der Waals surface area contributed by atoms with Gasteiger partial charge in [-0.25, -0.2) is 0 Å². The third-order valence-corrected chi connectivity index (χ3v) is 4.32. The molecule has 0 spiro atoms. The molecule has 0 radical (unpaired) electrons. The van der Waals surface area contributed by atoms with Crippen molar-refractivity contribution in [2.75, 3.05) is 12.0 Å². The van der Waals surface area contributed by atoms with Gasteiger partial charge in [-0.05, 0) is 36.4 Å². The molecule has 0 saturated carbocycles. The zero-order valence-electron chi connectivity index (χ0n) is 13.4. The van der Waals surface area contributed by atoms with Gasteiger partial charge in [0, 0.05) is 5.56 Å². The monoisotopic (exact) mass is 371 g/mol. The number of benzene rings is 3. The van der Waals surface area contributed by atoms with Gasteiger partial charge in [0.2, 0.25) is 0 Å². The molecule has 3 rings (SSSR count). The molecule has 126 valence electrons. The summed E-state index contributed by atoms with van der Waals surface area (Å²) in [6, 6.07) is 21.3. The van der Waals surface area contributed by atoms with Crippen molar-refractivity contribution >= 4 is 40.5 Å². The molecular formula is C20H15Cl2NO2. The molecule has 0 N–H and O–H groups in total. The molecular weight excluding hydrogens is 357 g/mol. The number of ether oxygens (including phenoxy) is 1. The van der Waals surface area contributed by atoms with E-state index in [2.05, 4.69) is 0 Å². The molecule has 0 heterocycles. The first-order valence-corrected chi connectivity index (χ1v) is 8.35. The van der Waals surface area contributed by atoms with Gasteiger partial charge in [0.05, 0.1) is 28.5 Å². The van der Waals surface area contributed by atoms with E-state index in [1.165, 1.54) is 4.90 Å². The van der Waals surface area contributed by atoms with Crippen LogP contribution in [0.5, 0.6) is 5.75 Å². The van der Waals surface area contributed by atoms with E-state index in [0.29, 0.717) is 32.7 Å². The maximum absolute atomic E-state index is 13.3. The first kappa shape index (κ1) is 17.3. The highest BCUT2D eigenvalue weighted by molar-refractivity contribution is 6.40. The summed E-state index contributed by atoms with van der Waals surface area (Å²) >= 11 is 12.8. The number of para-hydroxylation sites is 3. The number of anilines is 2. The Morgan fingerprint density at radius 3 is 2.08 bits per heavy atom. The molecule has 25 heavy (non-hydrogen) atoms. The third-order valence-electron chi connectivity index (χ3n) is 3.71. The Balaban J connectivity index is 2.24. The van der Waals surface area contributed by atoms with Crippen molar-refractivity contribution in [1.82, 2.24) is 0 Å². The van der Waals surface area contributed by atoms with E-state index in [4.69, 9.17) is 27.9 Å². The lowest BCUT2D eigenvalue weighted by Gasteiger charge is -2.26. The number of hydrogen-bond donors (Lipinski definition) is 0. The highest BCUT2D eigenvalue weighted by Gasteiger charge is 2.26. The molecule has 3 aromatic carbocycles. The second-order valence-corrected chi connectivity index (χ2v) is 6.06. The van der Waals surface area contributed by atoms with Crippen LogP contribution in [-0.2, 0) is 0 Å². The van der Waals surface area contributed by atoms with Crippen LogP contribution in [0.25, 0.3) is 0 Å². The molecule has 0 aliphatic carbocycles. The van der Waals surface area contributed by atoms with E-state index in [1.807, 2.05) is 30.3 Å². The fraction of sp³-hybridized carbons (Fsp3) is 0.0500. The number of hydrogen-bond acceptors (Lipinski definition) is 2. The highest BCUT2D eigenvalue weighted by Crippen LogP contribution is 2.42. The third kappa shape index (κ3) is 3.48. The summed E-state index contributed by atoms with van der Waals surface area (Å²) in [4.78, 5) is 14.8. The molecule has 0 bridgehead atoms. The van der Waals surface area contributed by atoms with E-state index >= 15 is 0 Å². The summed E-state index contributed by atoms with van der Waals surface area (Å²) < 4.78 is 5.43. The lowest BCUT2D eigenvalue weighted by molar-refractivity contribution is 0.0998. The molecule has 5 heteroatoms. The van der Waals surface area contributed by atoms with E-state index in [1.54, 1.807) is 49.6 Å². The quantitative estimate of drug-likeness (QED) is 0.564. The van der Waals surface area contributed by atoms with Crippen molar-refractivity contribution in [1.29, 1.82) is 0 Å². The summed E-state index contributed by atoms with van der Waals surface area (Å²) in [5, 5.41) is 0.755. The number of methoxy groups -OCH3 is 1. The molecule has 0 fully saturated rings. The Hall–Kier alpha value is -2.49. The summed E-state index contributed by atoms with van der Waals surface area (Å²) in [7, 11) is 1.55. The zero-order valence-corrected chi connectivity index (χ0v) is 15.0. The molecule has 0 unspecified atom stereocenters. The van der Waals surface area contributed by atoms with Crippen LogP contribution in [0.2, 0.25) is 10.0 Å². The van der Waals surface area contributed by atoms with Crippen molar-refractivity contribution in [3.05, 3.63) is 88.4 Å². The van der Waals surface area contributed by atoms with Gasteiger partial charge in [0.25, 0.3) is 5.91 Å². The van der Waals surface area contributed by atoms with Crippen LogP contribution in [-0.4, -0.2) is 13.0 Å². The topological polar surface area (TPSA) is 29.5 Å². The standard InChI is InChI=1S/C20H15Cl2NO2/c1-25-18-13-6-5-12-17(18)23(19-15(21)10-7-11-16(19)22)20(24)14-8-3-2-4-9-14/h2-13H,1H3. The van der Waals surface area contributed by atoms with E-state index in [0.717, 1.165) is 0 Å². The minimum absolute atomic E-state index is 0.250. The van der Waals surface area contributed by atoms with Crippen LogP contribution in [0, 0.1) is 0 Å². The fourth-order valence-electron chi connectivity index (χ4n) is 2.56. The summed E-state index contributed by atoms with van der Waals surface area (Å²) in [5.41, 5.74) is 1.50. The summed E-state index contributed by atoms with van der Waals surface area (Å²) in [5.74, 6) is 0.294. The number of carbonyl (C=O) groups is 1. The van der Waals surface area contributed by atoms with E-state index in [-0.39, 0.29) is 5.91 Å². The molecule has 0 aliphatic heterocycles. The SMILES string of the molecule is COc1ccccc1N(C(=O)c1ccccc1)c1c(Cl)cccc1Cl. The number of halogens is 2. The smallest absolute Gasteiger partial charge is 0.263 e. The first-order valence-electron chi connectivity index (χ1n) is 7.60. The lowest BCUT2D eigenvalue weighted by atomic mass is 10.1. The second-order valence-electron chi connectivity index (χ2n) is 5.25. The largest absolute Gasteiger partial charge is 0.495 e. The van der Waals surface area contributed by atoms with Crippen LogP contribution in [0.1, 0.15) is 10.4 Å².